The minimum absolute atomic E-state index is 0.0496. The normalized spacial score (nSPS) is 18.5. The third kappa shape index (κ3) is 4.17. The number of rotatable bonds is 6. The molecule has 3 aromatic rings. The van der Waals surface area contributed by atoms with E-state index in [0.717, 1.165) is 16.7 Å². The number of carbonyl (C=O) groups excluding carboxylic acids is 2. The van der Waals surface area contributed by atoms with Crippen LogP contribution in [0.2, 0.25) is 0 Å². The van der Waals surface area contributed by atoms with Gasteiger partial charge in [-0.2, -0.15) is 0 Å². The Bertz CT molecular complexity index is 1040. The second kappa shape index (κ2) is 8.44. The van der Waals surface area contributed by atoms with Crippen LogP contribution in [0.3, 0.4) is 0 Å². The smallest absolute Gasteiger partial charge is 0.227 e. The number of primary amides is 1. The highest BCUT2D eigenvalue weighted by Crippen LogP contribution is 2.38. The van der Waals surface area contributed by atoms with E-state index in [1.54, 1.807) is 16.2 Å². The van der Waals surface area contributed by atoms with Crippen LogP contribution in [0.15, 0.2) is 66.0 Å². The Kier molecular flexibility index (Phi) is 5.73. The molecule has 2 amide bonds. The number of hydrogen-bond acceptors (Lipinski definition) is 3. The fourth-order valence-electron chi connectivity index (χ4n) is 4.22. The van der Waals surface area contributed by atoms with Crippen molar-refractivity contribution in [1.29, 1.82) is 0 Å². The van der Waals surface area contributed by atoms with Gasteiger partial charge in [-0.25, -0.2) is 0 Å². The van der Waals surface area contributed by atoms with E-state index in [4.69, 9.17) is 5.73 Å². The van der Waals surface area contributed by atoms with Crippen molar-refractivity contribution < 1.29 is 9.59 Å². The molecular weight excluding hydrogens is 392 g/mol. The van der Waals surface area contributed by atoms with Gasteiger partial charge in [0, 0.05) is 18.0 Å². The molecule has 0 unspecified atom stereocenters. The Hall–Kier alpha value is -2.92. The zero-order valence-corrected chi connectivity index (χ0v) is 18.0. The maximum absolute atomic E-state index is 12.9. The molecular formula is C25H26N2O2S. The fraction of sp³-hybridized carbons (Fsp3) is 0.280. The molecule has 0 bridgehead atoms. The van der Waals surface area contributed by atoms with Gasteiger partial charge in [0.15, 0.2) is 0 Å². The monoisotopic (exact) mass is 418 g/mol. The maximum Gasteiger partial charge on any atom is 0.227 e. The summed E-state index contributed by atoms with van der Waals surface area (Å²) in [4.78, 5) is 28.4. The Morgan fingerprint density at radius 1 is 1.07 bits per heavy atom. The van der Waals surface area contributed by atoms with Gasteiger partial charge < -0.3 is 10.6 Å². The average Bonchev–Trinajstić information content (AvgIpc) is 3.41. The van der Waals surface area contributed by atoms with Crippen molar-refractivity contribution in [3.63, 3.8) is 0 Å². The first-order valence-corrected chi connectivity index (χ1v) is 11.1. The first-order chi connectivity index (χ1) is 14.5. The summed E-state index contributed by atoms with van der Waals surface area (Å²) in [6, 6.07) is 20.3. The van der Waals surface area contributed by atoms with Crippen molar-refractivity contribution in [3.8, 4) is 10.4 Å². The maximum atomic E-state index is 12.9. The largest absolute Gasteiger partial charge is 0.369 e. The van der Waals surface area contributed by atoms with E-state index < -0.39 is 5.41 Å². The molecule has 0 saturated carbocycles. The summed E-state index contributed by atoms with van der Waals surface area (Å²) < 4.78 is 0. The molecule has 1 aliphatic heterocycles. The molecule has 1 atom stereocenters. The molecule has 2 aromatic carbocycles. The SMILES string of the molecule is Cc1ccc(CC(=O)N2CC[C@@](Cc3ccccc3-c3cccs3)(C(N)=O)C2)cc1. The number of carbonyl (C=O) groups is 2. The van der Waals surface area contributed by atoms with Crippen molar-refractivity contribution in [1.82, 2.24) is 4.90 Å². The van der Waals surface area contributed by atoms with Crippen LogP contribution in [-0.4, -0.2) is 29.8 Å². The van der Waals surface area contributed by atoms with Crippen LogP contribution in [0.5, 0.6) is 0 Å². The minimum Gasteiger partial charge on any atom is -0.369 e. The number of thiophene rings is 1. The second-order valence-corrected chi connectivity index (χ2v) is 9.13. The molecule has 30 heavy (non-hydrogen) atoms. The lowest BCUT2D eigenvalue weighted by Crippen LogP contribution is -2.42. The Labute approximate surface area is 181 Å². The van der Waals surface area contributed by atoms with Crippen molar-refractivity contribution >= 4 is 23.2 Å². The number of nitrogens with zero attached hydrogens (tertiary/aromatic N) is 1. The van der Waals surface area contributed by atoms with Gasteiger partial charge in [0.2, 0.25) is 11.8 Å². The van der Waals surface area contributed by atoms with Crippen LogP contribution in [0.1, 0.15) is 23.1 Å². The zero-order valence-electron chi connectivity index (χ0n) is 17.1. The molecule has 1 aliphatic rings. The third-order valence-corrected chi connectivity index (χ3v) is 6.94. The lowest BCUT2D eigenvalue weighted by atomic mass is 9.79. The lowest BCUT2D eigenvalue weighted by Gasteiger charge is -2.27. The molecule has 5 heteroatoms. The molecule has 0 radical (unpaired) electrons. The Morgan fingerprint density at radius 2 is 1.83 bits per heavy atom. The number of likely N-dealkylation sites (tertiary alicyclic amines) is 1. The topological polar surface area (TPSA) is 63.4 Å². The van der Waals surface area contributed by atoms with Gasteiger partial charge in [-0.15, -0.1) is 11.3 Å². The lowest BCUT2D eigenvalue weighted by molar-refractivity contribution is -0.131. The minimum atomic E-state index is -0.726. The van der Waals surface area contributed by atoms with Gasteiger partial charge in [-0.1, -0.05) is 60.2 Å². The summed E-state index contributed by atoms with van der Waals surface area (Å²) in [6.45, 7) is 2.97. The van der Waals surface area contributed by atoms with Crippen LogP contribution in [0.25, 0.3) is 10.4 Å². The number of benzene rings is 2. The van der Waals surface area contributed by atoms with Gasteiger partial charge in [-0.05, 0) is 47.9 Å². The molecule has 4 nitrogen and oxygen atoms in total. The van der Waals surface area contributed by atoms with E-state index in [0.29, 0.717) is 32.4 Å². The van der Waals surface area contributed by atoms with Crippen molar-refractivity contribution in [2.45, 2.75) is 26.2 Å². The third-order valence-electron chi connectivity index (χ3n) is 6.04. The number of aryl methyl sites for hydroxylation is 1. The zero-order chi connectivity index (χ0) is 21.1. The molecule has 2 N–H and O–H groups in total. The summed E-state index contributed by atoms with van der Waals surface area (Å²) >= 11 is 1.68. The van der Waals surface area contributed by atoms with Crippen LogP contribution in [0.4, 0.5) is 0 Å². The predicted molar refractivity (Wildman–Crippen MR) is 121 cm³/mol. The average molecular weight is 419 g/mol. The molecule has 1 aromatic heterocycles. The highest BCUT2D eigenvalue weighted by atomic mass is 32.1. The summed E-state index contributed by atoms with van der Waals surface area (Å²) in [5.74, 6) is -0.275. The highest BCUT2D eigenvalue weighted by Gasteiger charge is 2.45. The number of amides is 2. The van der Waals surface area contributed by atoms with Crippen LogP contribution in [0, 0.1) is 12.3 Å². The van der Waals surface area contributed by atoms with Crippen LogP contribution >= 0.6 is 11.3 Å². The summed E-state index contributed by atoms with van der Waals surface area (Å²) in [5.41, 5.74) is 9.58. The molecule has 2 heterocycles. The van der Waals surface area contributed by atoms with Crippen LogP contribution < -0.4 is 5.73 Å². The number of hydrogen-bond donors (Lipinski definition) is 1. The van der Waals surface area contributed by atoms with E-state index in [9.17, 15) is 9.59 Å². The van der Waals surface area contributed by atoms with E-state index >= 15 is 0 Å². The molecule has 0 aliphatic carbocycles. The van der Waals surface area contributed by atoms with Gasteiger partial charge in [0.05, 0.1) is 11.8 Å². The van der Waals surface area contributed by atoms with E-state index in [1.165, 1.54) is 10.4 Å². The van der Waals surface area contributed by atoms with Gasteiger partial charge in [0.1, 0.15) is 0 Å². The molecule has 0 spiro atoms. The second-order valence-electron chi connectivity index (χ2n) is 8.18. The summed E-state index contributed by atoms with van der Waals surface area (Å²) in [6.07, 6.45) is 1.49. The van der Waals surface area contributed by atoms with Crippen molar-refractivity contribution in [2.24, 2.45) is 11.1 Å². The molecule has 1 saturated heterocycles. The molecule has 4 rings (SSSR count). The summed E-state index contributed by atoms with van der Waals surface area (Å²) in [5, 5.41) is 2.05. The van der Waals surface area contributed by atoms with Gasteiger partial charge in [-0.3, -0.25) is 9.59 Å². The first kappa shape index (κ1) is 20.4. The first-order valence-electron chi connectivity index (χ1n) is 10.2. The standard InChI is InChI=1S/C25H26N2O2S/c1-18-8-10-19(11-9-18)15-23(28)27-13-12-25(17-27,24(26)29)16-20-5-2-3-6-21(20)22-7-4-14-30-22/h2-11,14H,12-13,15-17H2,1H3,(H2,26,29)/t25-/m0/s1. The van der Waals surface area contributed by atoms with Crippen molar-refractivity contribution in [3.05, 3.63) is 82.7 Å². The van der Waals surface area contributed by atoms with Gasteiger partial charge >= 0.3 is 0 Å². The predicted octanol–water partition coefficient (Wildman–Crippen LogP) is 4.21. The number of nitrogens with two attached hydrogens (primary N) is 1. The molecule has 1 fully saturated rings. The summed E-state index contributed by atoms with van der Waals surface area (Å²) in [7, 11) is 0. The Morgan fingerprint density at radius 3 is 2.53 bits per heavy atom. The quantitative estimate of drug-likeness (QED) is 0.652. The van der Waals surface area contributed by atoms with E-state index in [-0.39, 0.29) is 11.8 Å². The highest BCUT2D eigenvalue weighted by molar-refractivity contribution is 7.13. The van der Waals surface area contributed by atoms with E-state index in [2.05, 4.69) is 23.6 Å². The fourth-order valence-corrected chi connectivity index (χ4v) is 5.01. The van der Waals surface area contributed by atoms with Crippen molar-refractivity contribution in [2.75, 3.05) is 13.1 Å². The van der Waals surface area contributed by atoms with Gasteiger partial charge in [0.25, 0.3) is 0 Å². The molecule has 154 valence electrons. The Balaban J connectivity index is 1.53. The van der Waals surface area contributed by atoms with E-state index in [1.807, 2.05) is 49.4 Å². The van der Waals surface area contributed by atoms with Crippen LogP contribution in [-0.2, 0) is 22.4 Å².